The number of aryl methyl sites for hydroxylation is 1. The van der Waals surface area contributed by atoms with Gasteiger partial charge in [0.15, 0.2) is 17.2 Å². The number of benzene rings is 1. The van der Waals surface area contributed by atoms with Crippen LogP contribution in [-0.2, 0) is 11.3 Å². The van der Waals surface area contributed by atoms with E-state index in [1.54, 1.807) is 33.3 Å². The van der Waals surface area contributed by atoms with Crippen LogP contribution in [0.25, 0.3) is 0 Å². The normalized spacial score (nSPS) is 10.2. The predicted molar refractivity (Wildman–Crippen MR) is 83.1 cm³/mol. The van der Waals surface area contributed by atoms with Gasteiger partial charge in [0.05, 0.1) is 26.1 Å². The van der Waals surface area contributed by atoms with Crippen molar-refractivity contribution in [1.29, 1.82) is 0 Å². The van der Waals surface area contributed by atoms with Crippen molar-refractivity contribution in [2.45, 2.75) is 13.5 Å². The van der Waals surface area contributed by atoms with Crippen molar-refractivity contribution in [3.05, 3.63) is 46.0 Å². The summed E-state index contributed by atoms with van der Waals surface area (Å²) >= 11 is 3.41. The highest BCUT2D eigenvalue weighted by atomic mass is 79.9. The molecular weight excluding hydrogens is 352 g/mol. The highest BCUT2D eigenvalue weighted by Gasteiger charge is 2.13. The van der Waals surface area contributed by atoms with Crippen molar-refractivity contribution >= 4 is 21.9 Å². The van der Waals surface area contributed by atoms with Crippen molar-refractivity contribution in [2.24, 2.45) is 0 Å². The standard InChI is InChI=1S/C15H15BrN2O4/c1-9-6-18-12(7-17-9)15(19)22-8-10-4-13(20-2)14(21-3)5-11(10)16/h4-7H,8H2,1-3H3. The molecule has 0 saturated heterocycles. The van der Waals surface area contributed by atoms with E-state index in [0.717, 1.165) is 15.7 Å². The number of carbonyl (C=O) groups excluding carboxylic acids is 1. The van der Waals surface area contributed by atoms with Gasteiger partial charge in [0.2, 0.25) is 0 Å². The molecule has 0 aliphatic heterocycles. The summed E-state index contributed by atoms with van der Waals surface area (Å²) in [5.74, 6) is 0.620. The molecule has 1 aromatic heterocycles. The summed E-state index contributed by atoms with van der Waals surface area (Å²) in [6.07, 6.45) is 2.91. The second kappa shape index (κ2) is 7.22. The van der Waals surface area contributed by atoms with Gasteiger partial charge in [-0.25, -0.2) is 9.78 Å². The number of hydrogen-bond donors (Lipinski definition) is 0. The number of methoxy groups -OCH3 is 2. The smallest absolute Gasteiger partial charge is 0.358 e. The average molecular weight is 367 g/mol. The summed E-state index contributed by atoms with van der Waals surface area (Å²) in [5.41, 5.74) is 1.66. The van der Waals surface area contributed by atoms with Crippen LogP contribution < -0.4 is 9.47 Å². The SMILES string of the molecule is COc1cc(Br)c(COC(=O)c2cnc(C)cn2)cc1OC. The molecule has 7 heteroatoms. The van der Waals surface area contributed by atoms with Gasteiger partial charge in [0, 0.05) is 16.2 Å². The molecule has 0 saturated carbocycles. The van der Waals surface area contributed by atoms with Crippen molar-refractivity contribution in [1.82, 2.24) is 9.97 Å². The molecule has 0 fully saturated rings. The van der Waals surface area contributed by atoms with E-state index in [2.05, 4.69) is 25.9 Å². The van der Waals surface area contributed by atoms with Gasteiger partial charge in [0.25, 0.3) is 0 Å². The monoisotopic (exact) mass is 366 g/mol. The number of nitrogens with zero attached hydrogens (tertiary/aromatic N) is 2. The molecule has 1 heterocycles. The maximum Gasteiger partial charge on any atom is 0.358 e. The Balaban J connectivity index is 2.11. The molecule has 22 heavy (non-hydrogen) atoms. The average Bonchev–Trinajstić information content (AvgIpc) is 2.53. The largest absolute Gasteiger partial charge is 0.493 e. The van der Waals surface area contributed by atoms with Crippen LogP contribution >= 0.6 is 15.9 Å². The first-order chi connectivity index (χ1) is 10.5. The Morgan fingerprint density at radius 3 is 2.41 bits per heavy atom. The number of halogens is 1. The van der Waals surface area contributed by atoms with Gasteiger partial charge < -0.3 is 14.2 Å². The van der Waals surface area contributed by atoms with E-state index in [0.29, 0.717) is 11.5 Å². The van der Waals surface area contributed by atoms with E-state index < -0.39 is 5.97 Å². The van der Waals surface area contributed by atoms with Gasteiger partial charge in [-0.2, -0.15) is 0 Å². The summed E-state index contributed by atoms with van der Waals surface area (Å²) in [5, 5.41) is 0. The molecule has 0 atom stereocenters. The highest BCUT2D eigenvalue weighted by molar-refractivity contribution is 9.10. The summed E-state index contributed by atoms with van der Waals surface area (Å²) in [7, 11) is 3.10. The molecule has 1 aromatic carbocycles. The number of carbonyl (C=O) groups is 1. The molecule has 0 bridgehead atoms. The Morgan fingerprint density at radius 1 is 1.14 bits per heavy atom. The molecular formula is C15H15BrN2O4. The number of rotatable bonds is 5. The van der Waals surface area contributed by atoms with E-state index >= 15 is 0 Å². The van der Waals surface area contributed by atoms with Gasteiger partial charge in [-0.15, -0.1) is 0 Å². The zero-order valence-electron chi connectivity index (χ0n) is 12.4. The summed E-state index contributed by atoms with van der Waals surface area (Å²) in [6.45, 7) is 1.87. The zero-order chi connectivity index (χ0) is 16.1. The number of ether oxygens (including phenoxy) is 3. The molecule has 0 amide bonds. The third kappa shape index (κ3) is 3.73. The molecule has 0 radical (unpaired) electrons. The summed E-state index contributed by atoms with van der Waals surface area (Å²) in [4.78, 5) is 19.9. The molecule has 6 nitrogen and oxygen atoms in total. The minimum absolute atomic E-state index is 0.0787. The van der Waals surface area contributed by atoms with Crippen LogP contribution in [-0.4, -0.2) is 30.2 Å². The molecule has 2 rings (SSSR count). The quantitative estimate of drug-likeness (QED) is 0.757. The highest BCUT2D eigenvalue weighted by Crippen LogP contribution is 2.33. The fraction of sp³-hybridized carbons (Fsp3) is 0.267. The van der Waals surface area contributed by atoms with E-state index in [1.165, 1.54) is 12.4 Å². The van der Waals surface area contributed by atoms with Gasteiger partial charge >= 0.3 is 5.97 Å². The topological polar surface area (TPSA) is 70.5 Å². The Kier molecular flexibility index (Phi) is 5.32. The Labute approximate surface area is 136 Å². The maximum atomic E-state index is 11.9. The van der Waals surface area contributed by atoms with Crippen molar-refractivity contribution in [2.75, 3.05) is 14.2 Å². The lowest BCUT2D eigenvalue weighted by Gasteiger charge is -2.12. The first-order valence-electron chi connectivity index (χ1n) is 6.41. The molecule has 0 unspecified atom stereocenters. The van der Waals surface area contributed by atoms with Crippen molar-refractivity contribution in [3.63, 3.8) is 0 Å². The number of esters is 1. The van der Waals surface area contributed by atoms with Gasteiger partial charge in [-0.1, -0.05) is 15.9 Å². The van der Waals surface area contributed by atoms with Crippen LogP contribution in [0.5, 0.6) is 11.5 Å². The van der Waals surface area contributed by atoms with Crippen LogP contribution in [0.2, 0.25) is 0 Å². The van der Waals surface area contributed by atoms with Crippen LogP contribution in [0.1, 0.15) is 21.7 Å². The zero-order valence-corrected chi connectivity index (χ0v) is 14.0. The lowest BCUT2D eigenvalue weighted by atomic mass is 10.2. The van der Waals surface area contributed by atoms with E-state index in [4.69, 9.17) is 14.2 Å². The summed E-state index contributed by atoms with van der Waals surface area (Å²) in [6, 6.07) is 3.50. The molecule has 0 aliphatic rings. The Hall–Kier alpha value is -2.15. The third-order valence-electron chi connectivity index (χ3n) is 2.90. The van der Waals surface area contributed by atoms with E-state index in [-0.39, 0.29) is 12.3 Å². The minimum atomic E-state index is -0.533. The van der Waals surface area contributed by atoms with Gasteiger partial charge in [0.1, 0.15) is 6.61 Å². The third-order valence-corrected chi connectivity index (χ3v) is 3.64. The Bertz CT molecular complexity index is 674. The van der Waals surface area contributed by atoms with Gasteiger partial charge in [-0.3, -0.25) is 4.98 Å². The first-order valence-corrected chi connectivity index (χ1v) is 7.20. The number of aromatic nitrogens is 2. The lowest BCUT2D eigenvalue weighted by molar-refractivity contribution is 0.0464. The predicted octanol–water partition coefficient (Wildman–Crippen LogP) is 2.92. The molecule has 0 aliphatic carbocycles. The second-order valence-corrected chi connectivity index (χ2v) is 5.27. The number of hydrogen-bond acceptors (Lipinski definition) is 6. The first kappa shape index (κ1) is 16.2. The molecule has 2 aromatic rings. The molecule has 0 spiro atoms. The summed E-state index contributed by atoms with van der Waals surface area (Å²) < 4.78 is 16.4. The molecule has 116 valence electrons. The molecule has 0 N–H and O–H groups in total. The Morgan fingerprint density at radius 2 is 1.82 bits per heavy atom. The van der Waals surface area contributed by atoms with Gasteiger partial charge in [-0.05, 0) is 19.1 Å². The maximum absolute atomic E-state index is 11.9. The van der Waals surface area contributed by atoms with E-state index in [1.807, 2.05) is 0 Å². The minimum Gasteiger partial charge on any atom is -0.493 e. The van der Waals surface area contributed by atoms with Crippen LogP contribution in [0.4, 0.5) is 0 Å². The van der Waals surface area contributed by atoms with Crippen LogP contribution in [0.15, 0.2) is 29.0 Å². The van der Waals surface area contributed by atoms with Crippen molar-refractivity contribution in [3.8, 4) is 11.5 Å². The second-order valence-electron chi connectivity index (χ2n) is 4.42. The fourth-order valence-electron chi connectivity index (χ4n) is 1.72. The van der Waals surface area contributed by atoms with Crippen molar-refractivity contribution < 1.29 is 19.0 Å². The van der Waals surface area contributed by atoms with E-state index in [9.17, 15) is 4.79 Å². The fourth-order valence-corrected chi connectivity index (χ4v) is 2.16. The lowest BCUT2D eigenvalue weighted by Crippen LogP contribution is -2.08. The van der Waals surface area contributed by atoms with Crippen LogP contribution in [0, 0.1) is 6.92 Å². The van der Waals surface area contributed by atoms with Crippen LogP contribution in [0.3, 0.4) is 0 Å².